The van der Waals surface area contributed by atoms with Crippen LogP contribution in [-0.4, -0.2) is 29.7 Å². The van der Waals surface area contributed by atoms with E-state index < -0.39 is 5.91 Å². The minimum absolute atomic E-state index is 0.00198. The van der Waals surface area contributed by atoms with Gasteiger partial charge in [-0.15, -0.1) is 0 Å². The third-order valence-electron chi connectivity index (χ3n) is 4.49. The van der Waals surface area contributed by atoms with Gasteiger partial charge in [-0.3, -0.25) is 18.4 Å². The molecule has 0 unspecified atom stereocenters. The van der Waals surface area contributed by atoms with Crippen molar-refractivity contribution in [2.24, 2.45) is 0 Å². The van der Waals surface area contributed by atoms with Gasteiger partial charge in [0.1, 0.15) is 11.2 Å². The van der Waals surface area contributed by atoms with Gasteiger partial charge in [0.2, 0.25) is 5.78 Å². The second-order valence-electron chi connectivity index (χ2n) is 6.26. The lowest BCUT2D eigenvalue weighted by Crippen LogP contribution is -2.34. The smallest absolute Gasteiger partial charge is 0.270 e. The molecule has 0 aliphatic heterocycles. The van der Waals surface area contributed by atoms with Crippen LogP contribution in [0.15, 0.2) is 53.8 Å². The first-order valence-electron chi connectivity index (χ1n) is 8.66. The zero-order chi connectivity index (χ0) is 19.0. The zero-order valence-corrected chi connectivity index (χ0v) is 15.0. The molecule has 27 heavy (non-hydrogen) atoms. The molecule has 4 aromatic rings. The molecule has 0 radical (unpaired) electrons. The number of nitrogens with one attached hydrogen (secondary N) is 1. The van der Waals surface area contributed by atoms with Crippen LogP contribution in [0.4, 0.5) is 0 Å². The molecular weight excluding hydrogens is 344 g/mol. The van der Waals surface area contributed by atoms with Gasteiger partial charge in [0.25, 0.3) is 11.5 Å². The summed E-state index contributed by atoms with van der Waals surface area (Å²) >= 11 is 0. The van der Waals surface area contributed by atoms with Crippen molar-refractivity contribution >= 4 is 17.3 Å². The number of amides is 1. The number of imidazole rings is 1. The SMILES string of the molecule is CC[C@H](NC(=O)c1cnc2cccc(C)n2c1=O)c1cn2cccnc2n1. The Kier molecular flexibility index (Phi) is 4.15. The number of pyridine rings is 1. The number of hydrogen-bond acceptors (Lipinski definition) is 5. The van der Waals surface area contributed by atoms with E-state index in [0.717, 1.165) is 5.69 Å². The van der Waals surface area contributed by atoms with E-state index in [9.17, 15) is 9.59 Å². The molecular formula is C19H18N6O2. The Morgan fingerprint density at radius 2 is 2.11 bits per heavy atom. The van der Waals surface area contributed by atoms with Crippen LogP contribution in [0.25, 0.3) is 11.4 Å². The molecule has 4 aromatic heterocycles. The fraction of sp³-hybridized carbons (Fsp3) is 0.211. The van der Waals surface area contributed by atoms with E-state index in [1.165, 1.54) is 10.6 Å². The van der Waals surface area contributed by atoms with Crippen molar-refractivity contribution in [2.45, 2.75) is 26.3 Å². The number of carbonyl (C=O) groups is 1. The highest BCUT2D eigenvalue weighted by molar-refractivity contribution is 5.94. The van der Waals surface area contributed by atoms with E-state index in [1.54, 1.807) is 29.7 Å². The maximum Gasteiger partial charge on any atom is 0.270 e. The predicted molar refractivity (Wildman–Crippen MR) is 99.7 cm³/mol. The summed E-state index contributed by atoms with van der Waals surface area (Å²) in [7, 11) is 0. The van der Waals surface area contributed by atoms with Crippen LogP contribution >= 0.6 is 0 Å². The van der Waals surface area contributed by atoms with Crippen LogP contribution < -0.4 is 10.9 Å². The van der Waals surface area contributed by atoms with Gasteiger partial charge >= 0.3 is 0 Å². The van der Waals surface area contributed by atoms with Crippen LogP contribution in [0.3, 0.4) is 0 Å². The van der Waals surface area contributed by atoms with Crippen LogP contribution in [0.5, 0.6) is 0 Å². The fourth-order valence-electron chi connectivity index (χ4n) is 3.07. The summed E-state index contributed by atoms with van der Waals surface area (Å²) in [5.41, 5.74) is 1.53. The number of fused-ring (bicyclic) bond motifs is 2. The van der Waals surface area contributed by atoms with Gasteiger partial charge in [-0.1, -0.05) is 13.0 Å². The van der Waals surface area contributed by atoms with E-state index in [-0.39, 0.29) is 17.2 Å². The molecule has 0 aliphatic rings. The largest absolute Gasteiger partial charge is 0.343 e. The van der Waals surface area contributed by atoms with Crippen molar-refractivity contribution in [2.75, 3.05) is 0 Å². The van der Waals surface area contributed by atoms with Crippen molar-refractivity contribution in [3.63, 3.8) is 0 Å². The molecule has 4 rings (SSSR count). The normalized spacial score (nSPS) is 12.4. The molecule has 0 saturated heterocycles. The Balaban J connectivity index is 1.68. The maximum atomic E-state index is 12.8. The number of hydrogen-bond donors (Lipinski definition) is 1. The molecule has 1 N–H and O–H groups in total. The highest BCUT2D eigenvalue weighted by atomic mass is 16.2. The van der Waals surface area contributed by atoms with E-state index in [4.69, 9.17) is 0 Å². The summed E-state index contributed by atoms with van der Waals surface area (Å²) in [5.74, 6) is 0.0882. The molecule has 1 amide bonds. The van der Waals surface area contributed by atoms with Gasteiger partial charge in [0, 0.05) is 30.5 Å². The van der Waals surface area contributed by atoms with Gasteiger partial charge in [0.05, 0.1) is 11.7 Å². The van der Waals surface area contributed by atoms with Crippen molar-refractivity contribution in [1.29, 1.82) is 0 Å². The van der Waals surface area contributed by atoms with Crippen LogP contribution in [0.2, 0.25) is 0 Å². The number of carbonyl (C=O) groups excluding carboxylic acids is 1. The number of rotatable bonds is 4. The van der Waals surface area contributed by atoms with Crippen LogP contribution in [0.1, 0.15) is 41.1 Å². The van der Waals surface area contributed by atoms with Crippen molar-refractivity contribution in [3.05, 3.63) is 76.4 Å². The highest BCUT2D eigenvalue weighted by Gasteiger charge is 2.20. The van der Waals surface area contributed by atoms with E-state index in [1.807, 2.05) is 31.5 Å². The summed E-state index contributed by atoms with van der Waals surface area (Å²) < 4.78 is 3.23. The van der Waals surface area contributed by atoms with Gasteiger partial charge in [-0.2, -0.15) is 0 Å². The fourth-order valence-corrected chi connectivity index (χ4v) is 3.07. The van der Waals surface area contributed by atoms with E-state index in [0.29, 0.717) is 23.5 Å². The predicted octanol–water partition coefficient (Wildman–Crippen LogP) is 1.93. The van der Waals surface area contributed by atoms with E-state index in [2.05, 4.69) is 20.3 Å². The molecule has 0 aliphatic carbocycles. The molecule has 1 atom stereocenters. The summed E-state index contributed by atoms with van der Waals surface area (Å²) in [6.45, 7) is 3.74. The second-order valence-corrected chi connectivity index (χ2v) is 6.26. The van der Waals surface area contributed by atoms with Gasteiger partial charge < -0.3 is 5.32 Å². The molecule has 0 fully saturated rings. The summed E-state index contributed by atoms with van der Waals surface area (Å²) in [4.78, 5) is 38.4. The molecule has 0 saturated carbocycles. The number of aromatic nitrogens is 5. The van der Waals surface area contributed by atoms with Gasteiger partial charge in [-0.05, 0) is 31.5 Å². The lowest BCUT2D eigenvalue weighted by atomic mass is 10.1. The molecule has 4 heterocycles. The first-order chi connectivity index (χ1) is 13.1. The first-order valence-corrected chi connectivity index (χ1v) is 8.66. The van der Waals surface area contributed by atoms with Crippen molar-refractivity contribution in [3.8, 4) is 0 Å². The third kappa shape index (κ3) is 2.95. The lowest BCUT2D eigenvalue weighted by Gasteiger charge is -2.14. The molecule has 8 nitrogen and oxygen atoms in total. The van der Waals surface area contributed by atoms with Gasteiger partial charge in [0.15, 0.2) is 0 Å². The first kappa shape index (κ1) is 16.9. The van der Waals surface area contributed by atoms with Crippen LogP contribution in [-0.2, 0) is 0 Å². The number of nitrogens with zero attached hydrogens (tertiary/aromatic N) is 5. The Morgan fingerprint density at radius 1 is 1.26 bits per heavy atom. The summed E-state index contributed by atoms with van der Waals surface area (Å²) in [6, 6.07) is 6.82. The minimum atomic E-state index is -0.470. The molecule has 0 spiro atoms. The Bertz CT molecular complexity index is 1180. The second kappa shape index (κ2) is 6.64. The van der Waals surface area contributed by atoms with E-state index >= 15 is 0 Å². The Labute approximate surface area is 154 Å². The maximum absolute atomic E-state index is 12.8. The Morgan fingerprint density at radius 3 is 2.89 bits per heavy atom. The average molecular weight is 362 g/mol. The topological polar surface area (TPSA) is 93.7 Å². The van der Waals surface area contributed by atoms with Crippen molar-refractivity contribution in [1.82, 2.24) is 29.1 Å². The number of aryl methyl sites for hydroxylation is 1. The monoisotopic (exact) mass is 362 g/mol. The Hall–Kier alpha value is -3.55. The standard InChI is InChI=1S/C19H18N6O2/c1-3-14(15-11-24-9-5-8-20-19(24)23-15)22-17(26)13-10-21-16-7-4-6-12(2)25(16)18(13)27/h4-11,14H,3H2,1-2H3,(H,22,26)/t14-/m0/s1. The summed E-state index contributed by atoms with van der Waals surface area (Å²) in [5, 5.41) is 2.89. The third-order valence-corrected chi connectivity index (χ3v) is 4.49. The minimum Gasteiger partial charge on any atom is -0.343 e. The molecule has 136 valence electrons. The quantitative estimate of drug-likeness (QED) is 0.599. The average Bonchev–Trinajstić information content (AvgIpc) is 3.10. The molecule has 0 bridgehead atoms. The van der Waals surface area contributed by atoms with Gasteiger partial charge in [-0.25, -0.2) is 15.0 Å². The lowest BCUT2D eigenvalue weighted by molar-refractivity contribution is 0.0932. The molecule has 0 aromatic carbocycles. The highest BCUT2D eigenvalue weighted by Crippen LogP contribution is 2.16. The zero-order valence-electron chi connectivity index (χ0n) is 15.0. The van der Waals surface area contributed by atoms with Crippen LogP contribution in [0, 0.1) is 6.92 Å². The van der Waals surface area contributed by atoms with Crippen molar-refractivity contribution < 1.29 is 4.79 Å². The molecule has 8 heteroatoms. The summed E-state index contributed by atoms with van der Waals surface area (Å²) in [6.07, 6.45) is 7.28.